The summed E-state index contributed by atoms with van der Waals surface area (Å²) in [6, 6.07) is 8.11. The molecule has 0 unspecified atom stereocenters. The zero-order chi connectivity index (χ0) is 9.97. The molecule has 0 saturated carbocycles. The van der Waals surface area contributed by atoms with Crippen molar-refractivity contribution in [3.63, 3.8) is 0 Å². The third-order valence-electron chi connectivity index (χ3n) is 2.16. The average Bonchev–Trinajstić information content (AvgIpc) is 2.65. The first-order chi connectivity index (χ1) is 6.81. The van der Waals surface area contributed by atoms with Crippen LogP contribution in [-0.4, -0.2) is 14.8 Å². The summed E-state index contributed by atoms with van der Waals surface area (Å²) in [5, 5.41) is 4.02. The molecule has 0 atom stereocenters. The number of benzene rings is 1. The van der Waals surface area contributed by atoms with Gasteiger partial charge in [-0.05, 0) is 24.1 Å². The molecule has 14 heavy (non-hydrogen) atoms. The van der Waals surface area contributed by atoms with E-state index in [1.807, 2.05) is 12.1 Å². The molecule has 0 bridgehead atoms. The molecule has 1 heterocycles. The fourth-order valence-electron chi connectivity index (χ4n) is 1.32. The normalized spacial score (nSPS) is 10.4. The van der Waals surface area contributed by atoms with Crippen LogP contribution in [0.5, 0.6) is 0 Å². The van der Waals surface area contributed by atoms with Crippen molar-refractivity contribution in [1.82, 2.24) is 14.8 Å². The molecule has 0 aliphatic carbocycles. The van der Waals surface area contributed by atoms with Crippen LogP contribution in [0.25, 0.3) is 5.69 Å². The predicted molar refractivity (Wildman–Crippen MR) is 55.1 cm³/mol. The number of nitrogen functional groups attached to an aromatic ring is 1. The van der Waals surface area contributed by atoms with E-state index in [9.17, 15) is 0 Å². The van der Waals surface area contributed by atoms with Gasteiger partial charge in [0.15, 0.2) is 0 Å². The third kappa shape index (κ3) is 1.46. The van der Waals surface area contributed by atoms with E-state index in [2.05, 4.69) is 29.1 Å². The summed E-state index contributed by atoms with van der Waals surface area (Å²) in [5.41, 5.74) is 7.87. The molecule has 2 aromatic rings. The van der Waals surface area contributed by atoms with Crippen molar-refractivity contribution < 1.29 is 0 Å². The topological polar surface area (TPSA) is 56.7 Å². The number of nitrogens with two attached hydrogens (primary N) is 1. The van der Waals surface area contributed by atoms with E-state index < -0.39 is 0 Å². The lowest BCUT2D eigenvalue weighted by atomic mass is 10.1. The van der Waals surface area contributed by atoms with Crippen LogP contribution in [0.4, 0.5) is 5.95 Å². The van der Waals surface area contributed by atoms with Gasteiger partial charge < -0.3 is 5.73 Å². The van der Waals surface area contributed by atoms with Crippen LogP contribution < -0.4 is 5.73 Å². The molecular weight excluding hydrogens is 176 g/mol. The van der Waals surface area contributed by atoms with Crippen molar-refractivity contribution in [2.45, 2.75) is 13.3 Å². The number of nitrogens with zero attached hydrogens (tertiary/aromatic N) is 3. The summed E-state index contributed by atoms with van der Waals surface area (Å²) < 4.78 is 1.61. The van der Waals surface area contributed by atoms with Crippen molar-refractivity contribution >= 4 is 5.95 Å². The molecule has 0 fully saturated rings. The minimum absolute atomic E-state index is 0.411. The monoisotopic (exact) mass is 188 g/mol. The van der Waals surface area contributed by atoms with Gasteiger partial charge >= 0.3 is 0 Å². The second-order valence-corrected chi connectivity index (χ2v) is 3.05. The van der Waals surface area contributed by atoms with Crippen molar-refractivity contribution in [2.24, 2.45) is 0 Å². The van der Waals surface area contributed by atoms with Crippen LogP contribution in [-0.2, 0) is 6.42 Å². The highest BCUT2D eigenvalue weighted by molar-refractivity contribution is 5.38. The fourth-order valence-corrected chi connectivity index (χ4v) is 1.32. The highest BCUT2D eigenvalue weighted by Crippen LogP contribution is 2.11. The smallest absolute Gasteiger partial charge is 0.223 e. The first-order valence-electron chi connectivity index (χ1n) is 4.56. The molecule has 1 aromatic carbocycles. The van der Waals surface area contributed by atoms with Crippen molar-refractivity contribution in [3.8, 4) is 5.69 Å². The Morgan fingerprint density at radius 1 is 1.29 bits per heavy atom. The Morgan fingerprint density at radius 3 is 2.50 bits per heavy atom. The van der Waals surface area contributed by atoms with Crippen molar-refractivity contribution in [3.05, 3.63) is 36.2 Å². The largest absolute Gasteiger partial charge is 0.368 e. The highest BCUT2D eigenvalue weighted by Gasteiger charge is 2.01. The fraction of sp³-hybridized carbons (Fsp3) is 0.200. The van der Waals surface area contributed by atoms with E-state index in [1.54, 1.807) is 4.68 Å². The molecule has 4 nitrogen and oxygen atoms in total. The van der Waals surface area contributed by atoms with Crippen LogP contribution in [0.15, 0.2) is 30.6 Å². The van der Waals surface area contributed by atoms with Gasteiger partial charge in [0.05, 0.1) is 5.69 Å². The highest BCUT2D eigenvalue weighted by atomic mass is 15.4. The first kappa shape index (κ1) is 8.74. The van der Waals surface area contributed by atoms with Crippen LogP contribution in [0.2, 0.25) is 0 Å². The standard InChI is InChI=1S/C10H12N4/c1-2-8-3-5-9(6-4-8)14-10(11)12-7-13-14/h3-7H,2H2,1H3,(H2,11,12,13). The number of hydrogen-bond acceptors (Lipinski definition) is 3. The summed E-state index contributed by atoms with van der Waals surface area (Å²) in [6.07, 6.45) is 2.48. The lowest BCUT2D eigenvalue weighted by molar-refractivity contribution is 0.889. The van der Waals surface area contributed by atoms with Gasteiger partial charge in [0, 0.05) is 0 Å². The number of hydrogen-bond donors (Lipinski definition) is 1. The molecule has 72 valence electrons. The Morgan fingerprint density at radius 2 is 2.00 bits per heavy atom. The van der Waals surface area contributed by atoms with Gasteiger partial charge in [-0.1, -0.05) is 19.1 Å². The van der Waals surface area contributed by atoms with E-state index in [0.717, 1.165) is 12.1 Å². The van der Waals surface area contributed by atoms with Crippen LogP contribution in [0, 0.1) is 0 Å². The maximum absolute atomic E-state index is 5.63. The first-order valence-corrected chi connectivity index (χ1v) is 4.56. The Labute approximate surface area is 82.4 Å². The molecule has 0 radical (unpaired) electrons. The molecule has 0 saturated heterocycles. The molecular formula is C10H12N4. The molecule has 4 heteroatoms. The second-order valence-electron chi connectivity index (χ2n) is 3.05. The summed E-state index contributed by atoms with van der Waals surface area (Å²) >= 11 is 0. The minimum Gasteiger partial charge on any atom is -0.368 e. The summed E-state index contributed by atoms with van der Waals surface area (Å²) in [6.45, 7) is 2.12. The molecule has 0 aliphatic rings. The van der Waals surface area contributed by atoms with E-state index in [1.165, 1.54) is 11.9 Å². The Balaban J connectivity index is 2.39. The SMILES string of the molecule is CCc1ccc(-n2ncnc2N)cc1. The van der Waals surface area contributed by atoms with E-state index in [4.69, 9.17) is 5.73 Å². The maximum Gasteiger partial charge on any atom is 0.223 e. The quantitative estimate of drug-likeness (QED) is 0.775. The van der Waals surface area contributed by atoms with Gasteiger partial charge in [-0.15, -0.1) is 0 Å². The van der Waals surface area contributed by atoms with Crippen LogP contribution in [0.3, 0.4) is 0 Å². The number of aryl methyl sites for hydroxylation is 1. The lowest BCUT2D eigenvalue weighted by Gasteiger charge is -2.03. The van der Waals surface area contributed by atoms with Gasteiger partial charge in [0.25, 0.3) is 0 Å². The van der Waals surface area contributed by atoms with Crippen molar-refractivity contribution in [2.75, 3.05) is 5.73 Å². The molecule has 0 amide bonds. The van der Waals surface area contributed by atoms with Gasteiger partial charge in [-0.25, -0.2) is 0 Å². The van der Waals surface area contributed by atoms with E-state index >= 15 is 0 Å². The number of rotatable bonds is 2. The number of anilines is 1. The predicted octanol–water partition coefficient (Wildman–Crippen LogP) is 1.41. The zero-order valence-electron chi connectivity index (χ0n) is 8.01. The summed E-state index contributed by atoms with van der Waals surface area (Å²) in [5.74, 6) is 0.411. The van der Waals surface area contributed by atoms with E-state index in [-0.39, 0.29) is 0 Å². The van der Waals surface area contributed by atoms with Crippen LogP contribution in [0.1, 0.15) is 12.5 Å². The molecule has 0 aliphatic heterocycles. The van der Waals surface area contributed by atoms with Gasteiger partial charge in [0.1, 0.15) is 6.33 Å². The van der Waals surface area contributed by atoms with Crippen LogP contribution >= 0.6 is 0 Å². The molecule has 2 rings (SSSR count). The average molecular weight is 188 g/mol. The Kier molecular flexibility index (Phi) is 2.18. The maximum atomic E-state index is 5.63. The zero-order valence-corrected chi connectivity index (χ0v) is 8.01. The molecule has 0 spiro atoms. The van der Waals surface area contributed by atoms with Gasteiger partial charge in [-0.2, -0.15) is 14.8 Å². The number of aromatic nitrogens is 3. The van der Waals surface area contributed by atoms with Crippen molar-refractivity contribution in [1.29, 1.82) is 0 Å². The molecule has 1 aromatic heterocycles. The lowest BCUT2D eigenvalue weighted by Crippen LogP contribution is -2.02. The summed E-state index contributed by atoms with van der Waals surface area (Å²) in [4.78, 5) is 3.87. The second kappa shape index (κ2) is 3.49. The Hall–Kier alpha value is -1.84. The Bertz CT molecular complexity index is 416. The molecule has 2 N–H and O–H groups in total. The minimum atomic E-state index is 0.411. The van der Waals surface area contributed by atoms with E-state index in [0.29, 0.717) is 5.95 Å². The van der Waals surface area contributed by atoms with Gasteiger partial charge in [0.2, 0.25) is 5.95 Å². The summed E-state index contributed by atoms with van der Waals surface area (Å²) in [7, 11) is 0. The third-order valence-corrected chi connectivity index (χ3v) is 2.16. The van der Waals surface area contributed by atoms with Gasteiger partial charge in [-0.3, -0.25) is 0 Å².